The van der Waals surface area contributed by atoms with Crippen LogP contribution in [0.4, 0.5) is 0 Å². The zero-order valence-electron chi connectivity index (χ0n) is 11.8. The van der Waals surface area contributed by atoms with Crippen molar-refractivity contribution in [3.63, 3.8) is 0 Å². The molecule has 0 aliphatic carbocycles. The molecule has 0 fully saturated rings. The molecule has 5 nitrogen and oxygen atoms in total. The summed E-state index contributed by atoms with van der Waals surface area (Å²) < 4.78 is 1.68. The third-order valence-corrected chi connectivity index (χ3v) is 3.33. The normalized spacial score (nSPS) is 12.3. The molecule has 0 spiro atoms. The molecule has 20 heavy (non-hydrogen) atoms. The number of nitrogens with zero attached hydrogens (tertiary/aromatic N) is 2. The van der Waals surface area contributed by atoms with E-state index in [9.17, 15) is 4.79 Å². The molecule has 1 atom stereocenters. The van der Waals surface area contributed by atoms with Crippen molar-refractivity contribution in [3.8, 4) is 5.69 Å². The van der Waals surface area contributed by atoms with E-state index in [0.29, 0.717) is 0 Å². The zero-order valence-corrected chi connectivity index (χ0v) is 11.8. The molecule has 0 aliphatic rings. The van der Waals surface area contributed by atoms with Crippen LogP contribution in [0, 0.1) is 6.92 Å². The van der Waals surface area contributed by atoms with Gasteiger partial charge in [-0.25, -0.2) is 4.68 Å². The molecule has 0 aliphatic heterocycles. The lowest BCUT2D eigenvalue weighted by Gasteiger charge is -2.14. The van der Waals surface area contributed by atoms with Crippen molar-refractivity contribution in [1.29, 1.82) is 0 Å². The number of benzene rings is 1. The number of aryl methyl sites for hydroxylation is 1. The predicted molar refractivity (Wildman–Crippen MR) is 78.8 cm³/mol. The number of carbonyl (C=O) groups is 1. The molecule has 106 valence electrons. The number of amides is 1. The predicted octanol–water partition coefficient (Wildman–Crippen LogP) is 1.56. The Kier molecular flexibility index (Phi) is 4.20. The van der Waals surface area contributed by atoms with Gasteiger partial charge in [-0.3, -0.25) is 4.79 Å². The molecule has 0 radical (unpaired) electrons. The first kappa shape index (κ1) is 14.3. The Morgan fingerprint density at radius 1 is 1.40 bits per heavy atom. The number of aromatic nitrogens is 2. The van der Waals surface area contributed by atoms with Crippen LogP contribution in [-0.2, 0) is 6.42 Å². The highest BCUT2D eigenvalue weighted by atomic mass is 16.1. The fraction of sp³-hybridized carbons (Fsp3) is 0.333. The molecule has 1 amide bonds. The maximum atomic E-state index is 11.1. The van der Waals surface area contributed by atoms with Gasteiger partial charge in [0.2, 0.25) is 0 Å². The first-order valence-electron chi connectivity index (χ1n) is 6.72. The topological polar surface area (TPSA) is 86.9 Å². The van der Waals surface area contributed by atoms with Gasteiger partial charge < -0.3 is 11.5 Å². The lowest BCUT2D eigenvalue weighted by molar-refractivity contribution is 0.0995. The van der Waals surface area contributed by atoms with Gasteiger partial charge in [0, 0.05) is 12.2 Å². The lowest BCUT2D eigenvalue weighted by atomic mass is 10.0. The Hall–Kier alpha value is -2.14. The molecular weight excluding hydrogens is 252 g/mol. The third-order valence-electron chi connectivity index (χ3n) is 3.33. The van der Waals surface area contributed by atoms with Gasteiger partial charge in [0.15, 0.2) is 0 Å². The molecule has 2 rings (SSSR count). The Morgan fingerprint density at radius 3 is 2.75 bits per heavy atom. The Morgan fingerprint density at radius 2 is 2.15 bits per heavy atom. The summed E-state index contributed by atoms with van der Waals surface area (Å²) in [5, 5.41) is 4.20. The fourth-order valence-electron chi connectivity index (χ4n) is 2.12. The second-order valence-corrected chi connectivity index (χ2v) is 5.01. The molecule has 5 heteroatoms. The summed E-state index contributed by atoms with van der Waals surface area (Å²) in [6, 6.07) is 7.84. The first-order valence-corrected chi connectivity index (χ1v) is 6.72. The molecule has 0 saturated carbocycles. The molecule has 2 aromatic rings. The molecule has 0 bridgehead atoms. The van der Waals surface area contributed by atoms with Crippen molar-refractivity contribution in [2.24, 2.45) is 11.5 Å². The molecule has 1 unspecified atom stereocenters. The lowest BCUT2D eigenvalue weighted by Crippen LogP contribution is -2.22. The maximum Gasteiger partial charge on any atom is 0.269 e. The largest absolute Gasteiger partial charge is 0.364 e. The molecular formula is C15H20N4O. The Bertz CT molecular complexity index is 618. The average molecular weight is 272 g/mol. The fourth-order valence-corrected chi connectivity index (χ4v) is 2.12. The molecule has 1 aromatic carbocycles. The van der Waals surface area contributed by atoms with Gasteiger partial charge in [0.05, 0.1) is 5.69 Å². The van der Waals surface area contributed by atoms with E-state index in [1.54, 1.807) is 16.9 Å². The SMILES string of the molecule is CCC(N)Cc1cc(C)ccc1-n1ccc(C(N)=O)n1. The summed E-state index contributed by atoms with van der Waals surface area (Å²) in [4.78, 5) is 11.1. The summed E-state index contributed by atoms with van der Waals surface area (Å²) in [5.74, 6) is -0.525. The Labute approximate surface area is 118 Å². The van der Waals surface area contributed by atoms with Crippen LogP contribution >= 0.6 is 0 Å². The van der Waals surface area contributed by atoms with Crippen LogP contribution < -0.4 is 11.5 Å². The van der Waals surface area contributed by atoms with E-state index in [0.717, 1.165) is 24.1 Å². The summed E-state index contributed by atoms with van der Waals surface area (Å²) in [7, 11) is 0. The smallest absolute Gasteiger partial charge is 0.269 e. The second-order valence-electron chi connectivity index (χ2n) is 5.01. The van der Waals surface area contributed by atoms with E-state index in [2.05, 4.69) is 18.1 Å². The summed E-state index contributed by atoms with van der Waals surface area (Å²) in [5.41, 5.74) is 14.8. The van der Waals surface area contributed by atoms with Gasteiger partial charge in [0.25, 0.3) is 5.91 Å². The summed E-state index contributed by atoms with van der Waals surface area (Å²) in [6.45, 7) is 4.11. The average Bonchev–Trinajstić information content (AvgIpc) is 2.88. The van der Waals surface area contributed by atoms with Gasteiger partial charge >= 0.3 is 0 Å². The summed E-state index contributed by atoms with van der Waals surface area (Å²) >= 11 is 0. The second kappa shape index (κ2) is 5.88. The van der Waals surface area contributed by atoms with Crippen molar-refractivity contribution in [3.05, 3.63) is 47.3 Å². The number of primary amides is 1. The van der Waals surface area contributed by atoms with Crippen molar-refractivity contribution in [2.75, 3.05) is 0 Å². The highest BCUT2D eigenvalue weighted by Crippen LogP contribution is 2.18. The van der Waals surface area contributed by atoms with E-state index in [-0.39, 0.29) is 11.7 Å². The zero-order chi connectivity index (χ0) is 14.7. The maximum absolute atomic E-state index is 11.1. The number of nitrogens with two attached hydrogens (primary N) is 2. The summed E-state index contributed by atoms with van der Waals surface area (Å²) in [6.07, 6.45) is 3.43. The quantitative estimate of drug-likeness (QED) is 0.866. The monoisotopic (exact) mass is 272 g/mol. The van der Waals surface area contributed by atoms with Gasteiger partial charge in [-0.1, -0.05) is 24.6 Å². The van der Waals surface area contributed by atoms with E-state index < -0.39 is 5.91 Å². The molecule has 4 N–H and O–H groups in total. The van der Waals surface area contributed by atoms with E-state index >= 15 is 0 Å². The van der Waals surface area contributed by atoms with Crippen LogP contribution in [-0.4, -0.2) is 21.7 Å². The number of hydrogen-bond donors (Lipinski definition) is 2. The highest BCUT2D eigenvalue weighted by molar-refractivity contribution is 5.90. The van der Waals surface area contributed by atoms with Crippen molar-refractivity contribution in [1.82, 2.24) is 9.78 Å². The van der Waals surface area contributed by atoms with E-state index in [1.165, 1.54) is 5.56 Å². The van der Waals surface area contributed by atoms with Crippen LogP contribution in [0.2, 0.25) is 0 Å². The minimum absolute atomic E-state index is 0.113. The van der Waals surface area contributed by atoms with Crippen LogP contribution in [0.25, 0.3) is 5.69 Å². The molecule has 1 aromatic heterocycles. The van der Waals surface area contributed by atoms with Gasteiger partial charge in [-0.05, 0) is 37.5 Å². The minimum atomic E-state index is -0.525. The number of carbonyl (C=O) groups excluding carboxylic acids is 1. The van der Waals surface area contributed by atoms with Gasteiger partial charge in [-0.2, -0.15) is 5.10 Å². The van der Waals surface area contributed by atoms with Crippen LogP contribution in [0.15, 0.2) is 30.5 Å². The van der Waals surface area contributed by atoms with Gasteiger partial charge in [0.1, 0.15) is 5.69 Å². The van der Waals surface area contributed by atoms with Crippen molar-refractivity contribution >= 4 is 5.91 Å². The number of rotatable bonds is 5. The Balaban J connectivity index is 2.41. The first-order chi connectivity index (χ1) is 9.51. The third kappa shape index (κ3) is 3.05. The van der Waals surface area contributed by atoms with Crippen LogP contribution in [0.3, 0.4) is 0 Å². The van der Waals surface area contributed by atoms with Crippen LogP contribution in [0.1, 0.15) is 35.0 Å². The van der Waals surface area contributed by atoms with Crippen molar-refractivity contribution < 1.29 is 4.79 Å². The van der Waals surface area contributed by atoms with Gasteiger partial charge in [-0.15, -0.1) is 0 Å². The molecule has 1 heterocycles. The van der Waals surface area contributed by atoms with E-state index in [1.807, 2.05) is 19.1 Å². The minimum Gasteiger partial charge on any atom is -0.364 e. The van der Waals surface area contributed by atoms with E-state index in [4.69, 9.17) is 11.5 Å². The van der Waals surface area contributed by atoms with Crippen LogP contribution in [0.5, 0.6) is 0 Å². The van der Waals surface area contributed by atoms with Crippen molar-refractivity contribution in [2.45, 2.75) is 32.7 Å². The number of hydrogen-bond acceptors (Lipinski definition) is 3. The molecule has 0 saturated heterocycles. The standard InChI is InChI=1S/C15H20N4O/c1-3-12(16)9-11-8-10(2)4-5-14(11)19-7-6-13(18-19)15(17)20/h4-8,12H,3,9,16H2,1-2H3,(H2,17,20). The highest BCUT2D eigenvalue weighted by Gasteiger charge is 2.11.